The Morgan fingerprint density at radius 1 is 1.29 bits per heavy atom. The molecular weight excluding hydrogens is 392 g/mol. The molecule has 28 heavy (non-hydrogen) atoms. The van der Waals surface area contributed by atoms with E-state index in [9.17, 15) is 9.90 Å². The monoisotopic (exact) mass is 410 g/mol. The molecule has 0 fully saturated rings. The molecule has 2 aromatic heterocycles. The van der Waals surface area contributed by atoms with Crippen LogP contribution in [-0.2, 0) is 4.79 Å². The molecule has 2 aromatic carbocycles. The van der Waals surface area contributed by atoms with Crippen LogP contribution < -0.4 is 0 Å². The van der Waals surface area contributed by atoms with E-state index in [1.165, 1.54) is 11.8 Å². The molecule has 4 rings (SSSR count). The third-order valence-corrected chi connectivity index (χ3v) is 6.46. The molecule has 2 N–H and O–H groups in total. The zero-order valence-corrected chi connectivity index (χ0v) is 17.0. The highest BCUT2D eigenvalue weighted by Gasteiger charge is 2.13. The number of aromatic amines is 1. The zero-order chi connectivity index (χ0) is 19.7. The van der Waals surface area contributed by atoms with Crippen LogP contribution in [0.5, 0.6) is 5.88 Å². The number of carbonyl (C=O) groups is 1. The smallest absolute Gasteiger partial charge is 0.274 e. The molecule has 0 atom stereocenters. The Kier molecular flexibility index (Phi) is 5.15. The SMILES string of the molecule is CC(C)c1ccc2[nH]c(O)c(N=NC(=O)CSc3nc4ccccc4s3)c2c1. The van der Waals surface area contributed by atoms with E-state index in [2.05, 4.69) is 34.0 Å². The Hall–Kier alpha value is -2.71. The molecule has 6 nitrogen and oxygen atoms in total. The molecule has 0 radical (unpaired) electrons. The van der Waals surface area contributed by atoms with E-state index in [0.29, 0.717) is 5.92 Å². The molecular formula is C20H18N4O2S2. The summed E-state index contributed by atoms with van der Waals surface area (Å²) in [4.78, 5) is 19.5. The lowest BCUT2D eigenvalue weighted by Gasteiger charge is -2.04. The minimum absolute atomic E-state index is 0.0914. The molecule has 0 saturated carbocycles. The summed E-state index contributed by atoms with van der Waals surface area (Å²) in [7, 11) is 0. The van der Waals surface area contributed by atoms with E-state index < -0.39 is 0 Å². The molecule has 0 aliphatic heterocycles. The summed E-state index contributed by atoms with van der Waals surface area (Å²) in [6.07, 6.45) is 0. The normalized spacial score (nSPS) is 12.0. The van der Waals surface area contributed by atoms with Crippen LogP contribution in [0.3, 0.4) is 0 Å². The van der Waals surface area contributed by atoms with Crippen LogP contribution in [0.2, 0.25) is 0 Å². The van der Waals surface area contributed by atoms with Gasteiger partial charge in [-0.25, -0.2) is 4.98 Å². The first kappa shape index (κ1) is 18.6. The maximum Gasteiger partial charge on any atom is 0.274 e. The maximum atomic E-state index is 12.2. The molecule has 8 heteroatoms. The molecule has 2 heterocycles. The molecule has 0 unspecified atom stereocenters. The van der Waals surface area contributed by atoms with Crippen molar-refractivity contribution in [2.45, 2.75) is 24.1 Å². The van der Waals surface area contributed by atoms with Gasteiger partial charge in [0.2, 0.25) is 5.88 Å². The number of H-pyrrole nitrogens is 1. The summed E-state index contributed by atoms with van der Waals surface area (Å²) in [6.45, 7) is 4.19. The number of thioether (sulfide) groups is 1. The first-order chi connectivity index (χ1) is 13.5. The van der Waals surface area contributed by atoms with Gasteiger partial charge in [-0.1, -0.05) is 43.8 Å². The quantitative estimate of drug-likeness (QED) is 0.311. The van der Waals surface area contributed by atoms with Crippen LogP contribution >= 0.6 is 23.1 Å². The number of carbonyl (C=O) groups excluding carboxylic acids is 1. The number of fused-ring (bicyclic) bond motifs is 2. The predicted molar refractivity (Wildman–Crippen MR) is 114 cm³/mol. The number of nitrogens with one attached hydrogen (secondary N) is 1. The lowest BCUT2D eigenvalue weighted by atomic mass is 10.0. The average Bonchev–Trinajstić information content (AvgIpc) is 3.23. The minimum atomic E-state index is -0.377. The summed E-state index contributed by atoms with van der Waals surface area (Å²) in [5.74, 6) is 0.0197. The fourth-order valence-corrected chi connectivity index (χ4v) is 4.66. The lowest BCUT2D eigenvalue weighted by molar-refractivity contribution is -0.115. The van der Waals surface area contributed by atoms with Crippen molar-refractivity contribution >= 4 is 55.8 Å². The number of aromatic hydroxyl groups is 1. The van der Waals surface area contributed by atoms with E-state index in [4.69, 9.17) is 0 Å². The molecule has 0 bridgehead atoms. The van der Waals surface area contributed by atoms with Gasteiger partial charge in [-0.05, 0) is 35.7 Å². The van der Waals surface area contributed by atoms with Gasteiger partial charge in [-0.3, -0.25) is 4.79 Å². The van der Waals surface area contributed by atoms with Crippen molar-refractivity contribution in [3.63, 3.8) is 0 Å². The fraction of sp³-hybridized carbons (Fsp3) is 0.200. The molecule has 1 amide bonds. The number of benzene rings is 2. The van der Waals surface area contributed by atoms with Gasteiger partial charge in [-0.15, -0.1) is 21.6 Å². The zero-order valence-electron chi connectivity index (χ0n) is 15.3. The lowest BCUT2D eigenvalue weighted by Crippen LogP contribution is -1.95. The number of hydrogen-bond acceptors (Lipinski definition) is 6. The number of azo groups is 1. The van der Waals surface area contributed by atoms with Crippen molar-refractivity contribution in [3.8, 4) is 5.88 Å². The van der Waals surface area contributed by atoms with Crippen molar-refractivity contribution in [2.75, 3.05) is 5.75 Å². The Morgan fingerprint density at radius 3 is 2.89 bits per heavy atom. The Labute approximate surface area is 169 Å². The van der Waals surface area contributed by atoms with Gasteiger partial charge >= 0.3 is 0 Å². The molecule has 4 aromatic rings. The van der Waals surface area contributed by atoms with Gasteiger partial charge in [0, 0.05) is 5.39 Å². The number of amides is 1. The van der Waals surface area contributed by atoms with Gasteiger partial charge in [0.1, 0.15) is 0 Å². The van der Waals surface area contributed by atoms with Crippen LogP contribution in [-0.4, -0.2) is 26.7 Å². The second kappa shape index (κ2) is 7.73. The first-order valence-corrected chi connectivity index (χ1v) is 10.6. The third kappa shape index (κ3) is 3.79. The van der Waals surface area contributed by atoms with Gasteiger partial charge in [0.25, 0.3) is 5.91 Å². The second-order valence-electron chi connectivity index (χ2n) is 6.61. The van der Waals surface area contributed by atoms with Gasteiger partial charge in [-0.2, -0.15) is 0 Å². The van der Waals surface area contributed by atoms with Crippen LogP contribution in [0.4, 0.5) is 5.69 Å². The highest BCUT2D eigenvalue weighted by Crippen LogP contribution is 2.37. The fourth-order valence-electron chi connectivity index (χ4n) is 2.81. The number of para-hydroxylation sites is 1. The van der Waals surface area contributed by atoms with Crippen LogP contribution in [0.1, 0.15) is 25.3 Å². The van der Waals surface area contributed by atoms with Crippen molar-refractivity contribution in [2.24, 2.45) is 10.2 Å². The van der Waals surface area contributed by atoms with E-state index >= 15 is 0 Å². The van der Waals surface area contributed by atoms with Crippen molar-refractivity contribution in [1.82, 2.24) is 9.97 Å². The summed E-state index contributed by atoms with van der Waals surface area (Å²) < 4.78 is 1.91. The van der Waals surface area contributed by atoms with Crippen LogP contribution in [0.15, 0.2) is 57.0 Å². The van der Waals surface area contributed by atoms with Crippen LogP contribution in [0.25, 0.3) is 21.1 Å². The molecule has 0 spiro atoms. The van der Waals surface area contributed by atoms with E-state index in [1.54, 1.807) is 11.3 Å². The third-order valence-electron chi connectivity index (χ3n) is 4.30. The van der Waals surface area contributed by atoms with Crippen molar-refractivity contribution in [3.05, 3.63) is 48.0 Å². The molecule has 0 saturated heterocycles. The van der Waals surface area contributed by atoms with Gasteiger partial charge < -0.3 is 10.1 Å². The van der Waals surface area contributed by atoms with E-state index in [1.807, 2.05) is 42.5 Å². The number of thiazole rings is 1. The topological polar surface area (TPSA) is 90.7 Å². The summed E-state index contributed by atoms with van der Waals surface area (Å²) >= 11 is 2.89. The molecule has 142 valence electrons. The predicted octanol–water partition coefficient (Wildman–Crippen LogP) is 6.01. The highest BCUT2D eigenvalue weighted by atomic mass is 32.2. The summed E-state index contributed by atoms with van der Waals surface area (Å²) in [5, 5.41) is 18.7. The van der Waals surface area contributed by atoms with Crippen LogP contribution in [0, 0.1) is 0 Å². The number of aromatic nitrogens is 2. The standard InChI is InChI=1S/C20H18N4O2S2/c1-11(2)12-7-8-14-13(9-12)18(19(26)21-14)24-23-17(25)10-27-20-22-15-5-3-4-6-16(15)28-20/h3-9,11,21,26H,10H2,1-2H3. The van der Waals surface area contributed by atoms with E-state index in [-0.39, 0.29) is 23.2 Å². The summed E-state index contributed by atoms with van der Waals surface area (Å²) in [5.41, 5.74) is 3.09. The number of hydrogen-bond donors (Lipinski definition) is 2. The Bertz CT molecular complexity index is 1160. The highest BCUT2D eigenvalue weighted by molar-refractivity contribution is 8.01. The average molecular weight is 411 g/mol. The van der Waals surface area contributed by atoms with Gasteiger partial charge in [0.05, 0.1) is 21.5 Å². The van der Waals surface area contributed by atoms with Crippen molar-refractivity contribution in [1.29, 1.82) is 0 Å². The molecule has 0 aliphatic carbocycles. The molecule has 0 aliphatic rings. The minimum Gasteiger partial charge on any atom is -0.493 e. The Morgan fingerprint density at radius 2 is 2.11 bits per heavy atom. The second-order valence-corrected chi connectivity index (χ2v) is 8.86. The maximum absolute atomic E-state index is 12.2. The van der Waals surface area contributed by atoms with Gasteiger partial charge in [0.15, 0.2) is 10.0 Å². The van der Waals surface area contributed by atoms with E-state index in [0.717, 1.165) is 31.0 Å². The Balaban J connectivity index is 1.49. The summed E-state index contributed by atoms with van der Waals surface area (Å²) in [6, 6.07) is 13.7. The number of nitrogens with zero attached hydrogens (tertiary/aromatic N) is 3. The first-order valence-electron chi connectivity index (χ1n) is 8.79. The van der Waals surface area contributed by atoms with Crippen molar-refractivity contribution < 1.29 is 9.90 Å². The number of rotatable bonds is 5. The largest absolute Gasteiger partial charge is 0.493 e.